The average Bonchev–Trinajstić information content (AvgIpc) is 3.45. The normalized spacial score (nSPS) is 21.0. The summed E-state index contributed by atoms with van der Waals surface area (Å²) < 4.78 is 6.37. The lowest BCUT2D eigenvalue weighted by atomic mass is 9.99. The maximum Gasteiger partial charge on any atom is 0.318 e. The molecule has 0 spiro atoms. The Morgan fingerprint density at radius 2 is 2.00 bits per heavy atom. The van der Waals surface area contributed by atoms with E-state index in [1.165, 1.54) is 27.6 Å². The molecule has 3 aliphatic heterocycles. The van der Waals surface area contributed by atoms with Gasteiger partial charge in [-0.3, -0.25) is 4.90 Å². The van der Waals surface area contributed by atoms with Crippen LogP contribution in [0.1, 0.15) is 42.5 Å². The fourth-order valence-electron chi connectivity index (χ4n) is 6.71. The van der Waals surface area contributed by atoms with Crippen molar-refractivity contribution >= 4 is 22.3 Å². The maximum absolute atomic E-state index is 9.32. The number of hydrogen-bond acceptors (Lipinski definition) is 8. The van der Waals surface area contributed by atoms with Crippen molar-refractivity contribution in [3.05, 3.63) is 53.2 Å². The molecule has 0 aliphatic carbocycles. The zero-order chi connectivity index (χ0) is 28.2. The molecule has 0 saturated carbocycles. The fourth-order valence-corrected chi connectivity index (χ4v) is 6.71. The highest BCUT2D eigenvalue weighted by atomic mass is 16.5. The second-order valence-electron chi connectivity index (χ2n) is 11.4. The van der Waals surface area contributed by atoms with Crippen LogP contribution < -0.4 is 19.9 Å². The van der Waals surface area contributed by atoms with E-state index in [1.807, 2.05) is 0 Å². The van der Waals surface area contributed by atoms with Crippen molar-refractivity contribution in [1.82, 2.24) is 20.2 Å². The molecule has 2 saturated heterocycles. The summed E-state index contributed by atoms with van der Waals surface area (Å²) in [7, 11) is 0. The number of fused-ring (bicyclic) bond motifs is 2. The van der Waals surface area contributed by atoms with Crippen molar-refractivity contribution in [2.75, 3.05) is 55.7 Å². The number of benzene rings is 2. The number of nitrogens with one attached hydrogen (secondary N) is 1. The molecule has 2 aromatic carbocycles. The second kappa shape index (κ2) is 12.3. The smallest absolute Gasteiger partial charge is 0.318 e. The molecule has 1 N–H and O–H groups in total. The minimum atomic E-state index is 0.130. The van der Waals surface area contributed by atoms with E-state index in [4.69, 9.17) is 21.1 Å². The van der Waals surface area contributed by atoms with Gasteiger partial charge in [0.1, 0.15) is 12.4 Å². The van der Waals surface area contributed by atoms with Crippen LogP contribution in [-0.4, -0.2) is 72.8 Å². The van der Waals surface area contributed by atoms with Crippen LogP contribution in [0.2, 0.25) is 0 Å². The first-order valence-corrected chi connectivity index (χ1v) is 14.9. The number of nitriles is 1. The van der Waals surface area contributed by atoms with Gasteiger partial charge < -0.3 is 19.9 Å². The molecule has 0 radical (unpaired) electrons. The molecule has 8 heteroatoms. The lowest BCUT2D eigenvalue weighted by Crippen LogP contribution is -2.51. The first-order chi connectivity index (χ1) is 20.1. The van der Waals surface area contributed by atoms with E-state index in [9.17, 15) is 5.26 Å². The van der Waals surface area contributed by atoms with Crippen molar-refractivity contribution in [2.45, 2.75) is 57.7 Å². The summed E-state index contributed by atoms with van der Waals surface area (Å²) in [6.07, 6.45) is 9.90. The van der Waals surface area contributed by atoms with Crippen LogP contribution in [-0.2, 0) is 13.0 Å². The average molecular weight is 550 g/mol. The van der Waals surface area contributed by atoms with Crippen LogP contribution in [0.25, 0.3) is 10.8 Å². The topological polar surface area (TPSA) is 80.5 Å². The predicted octanol–water partition coefficient (Wildman–Crippen LogP) is 4.06. The Balaban J connectivity index is 1.31. The molecule has 2 atom stereocenters. The van der Waals surface area contributed by atoms with Crippen LogP contribution in [0, 0.1) is 30.6 Å². The summed E-state index contributed by atoms with van der Waals surface area (Å²) in [5.41, 5.74) is 4.78. The standard InChI is InChI=1S/C33H39N7O/c1-3-4-17-38-18-7-11-27(38)23-41-33-36-29-22-39(30-12-6-10-25-9-5-8-24(2)31(25)30)19-14-28(29)32(37-33)40-20-16-35-26(21-40)13-15-34/h1,5-6,8-10,12,26-27,35H,4,7,11,13-14,16-23H2,2H3. The van der Waals surface area contributed by atoms with Crippen LogP contribution in [0.4, 0.5) is 11.5 Å². The molecule has 41 heavy (non-hydrogen) atoms. The molecule has 8 nitrogen and oxygen atoms in total. The number of aromatic nitrogens is 2. The Hall–Kier alpha value is -3.85. The fraction of sp³-hybridized carbons (Fsp3) is 0.485. The molecular weight excluding hydrogens is 510 g/mol. The molecule has 0 amide bonds. The number of piperazine rings is 1. The molecule has 1 aromatic heterocycles. The summed E-state index contributed by atoms with van der Waals surface area (Å²) >= 11 is 0. The number of likely N-dealkylation sites (tertiary alicyclic amines) is 1. The van der Waals surface area contributed by atoms with Gasteiger partial charge in [-0.2, -0.15) is 15.2 Å². The van der Waals surface area contributed by atoms with E-state index in [0.29, 0.717) is 31.6 Å². The highest BCUT2D eigenvalue weighted by molar-refractivity contribution is 5.97. The first-order valence-electron chi connectivity index (χ1n) is 14.9. The number of rotatable bonds is 8. The van der Waals surface area contributed by atoms with Crippen molar-refractivity contribution in [2.24, 2.45) is 0 Å². The quantitative estimate of drug-likeness (QED) is 0.422. The molecule has 0 bridgehead atoms. The molecule has 2 fully saturated rings. The van der Waals surface area contributed by atoms with Gasteiger partial charge in [-0.25, -0.2) is 0 Å². The van der Waals surface area contributed by atoms with Gasteiger partial charge in [-0.05, 0) is 49.7 Å². The zero-order valence-corrected chi connectivity index (χ0v) is 24.0. The largest absolute Gasteiger partial charge is 0.462 e. The maximum atomic E-state index is 9.32. The van der Waals surface area contributed by atoms with Crippen LogP contribution in [0.5, 0.6) is 6.01 Å². The van der Waals surface area contributed by atoms with Gasteiger partial charge in [0.05, 0.1) is 24.7 Å². The molecule has 2 unspecified atom stereocenters. The third-order valence-electron chi connectivity index (χ3n) is 8.79. The minimum Gasteiger partial charge on any atom is -0.462 e. The van der Waals surface area contributed by atoms with E-state index in [0.717, 1.165) is 76.5 Å². The van der Waals surface area contributed by atoms with Crippen LogP contribution in [0.15, 0.2) is 36.4 Å². The van der Waals surface area contributed by atoms with Gasteiger partial charge in [0.25, 0.3) is 0 Å². The number of ether oxygens (including phenoxy) is 1. The highest BCUT2D eigenvalue weighted by Crippen LogP contribution is 2.35. The molecule has 3 aliphatic rings. The van der Waals surface area contributed by atoms with Gasteiger partial charge in [0.2, 0.25) is 0 Å². The van der Waals surface area contributed by atoms with Crippen LogP contribution >= 0.6 is 0 Å². The Labute approximate surface area is 243 Å². The van der Waals surface area contributed by atoms with E-state index in [2.05, 4.69) is 75.3 Å². The summed E-state index contributed by atoms with van der Waals surface area (Å²) in [5.74, 6) is 3.74. The third-order valence-corrected chi connectivity index (χ3v) is 8.79. The third kappa shape index (κ3) is 5.81. The molecule has 212 valence electrons. The predicted molar refractivity (Wildman–Crippen MR) is 163 cm³/mol. The van der Waals surface area contributed by atoms with Crippen molar-refractivity contribution in [1.29, 1.82) is 5.26 Å². The molecule has 4 heterocycles. The molecule has 6 rings (SSSR count). The van der Waals surface area contributed by atoms with Crippen molar-refractivity contribution < 1.29 is 4.74 Å². The lowest BCUT2D eigenvalue weighted by Gasteiger charge is -2.37. The molecular formula is C33H39N7O. The Morgan fingerprint density at radius 1 is 1.12 bits per heavy atom. The summed E-state index contributed by atoms with van der Waals surface area (Å²) in [6.45, 7) is 8.76. The van der Waals surface area contributed by atoms with Gasteiger partial charge in [0.15, 0.2) is 0 Å². The Morgan fingerprint density at radius 3 is 2.85 bits per heavy atom. The summed E-state index contributed by atoms with van der Waals surface area (Å²) in [4.78, 5) is 17.3. The lowest BCUT2D eigenvalue weighted by molar-refractivity contribution is 0.167. The summed E-state index contributed by atoms with van der Waals surface area (Å²) in [5, 5.41) is 15.4. The van der Waals surface area contributed by atoms with Gasteiger partial charge in [0, 0.05) is 67.9 Å². The highest BCUT2D eigenvalue weighted by Gasteiger charge is 2.30. The number of terminal acetylenes is 1. The summed E-state index contributed by atoms with van der Waals surface area (Å²) in [6, 6.07) is 16.3. The zero-order valence-electron chi connectivity index (χ0n) is 24.0. The Bertz CT molecular complexity index is 1470. The minimum absolute atomic E-state index is 0.130. The van der Waals surface area contributed by atoms with Crippen LogP contribution in [0.3, 0.4) is 0 Å². The van der Waals surface area contributed by atoms with E-state index in [-0.39, 0.29) is 6.04 Å². The SMILES string of the molecule is C#CCCN1CCCC1COc1nc2c(c(N3CCNC(CC#N)C3)n1)CCN(c1cccc3cccc(C)c13)C2. The van der Waals surface area contributed by atoms with Crippen molar-refractivity contribution in [3.8, 4) is 24.4 Å². The van der Waals surface area contributed by atoms with Gasteiger partial charge in [-0.1, -0.05) is 30.3 Å². The molecule has 3 aromatic rings. The van der Waals surface area contributed by atoms with E-state index >= 15 is 0 Å². The number of anilines is 2. The van der Waals surface area contributed by atoms with E-state index in [1.54, 1.807) is 0 Å². The second-order valence-corrected chi connectivity index (χ2v) is 11.4. The van der Waals surface area contributed by atoms with Gasteiger partial charge >= 0.3 is 6.01 Å². The number of nitrogens with zero attached hydrogens (tertiary/aromatic N) is 6. The number of aryl methyl sites for hydroxylation is 1. The number of hydrogen-bond donors (Lipinski definition) is 1. The first kappa shape index (κ1) is 27.3. The Kier molecular flexibility index (Phi) is 8.23. The monoisotopic (exact) mass is 549 g/mol. The van der Waals surface area contributed by atoms with Crippen molar-refractivity contribution in [3.63, 3.8) is 0 Å². The van der Waals surface area contributed by atoms with E-state index < -0.39 is 0 Å². The van der Waals surface area contributed by atoms with Gasteiger partial charge in [-0.15, -0.1) is 12.3 Å².